The predicted molar refractivity (Wildman–Crippen MR) is 155 cm³/mol. The molecule has 0 atom stereocenters. The average molecular weight is 542 g/mol. The van der Waals surface area contributed by atoms with Gasteiger partial charge in [-0.15, -0.1) is 0 Å². The fourth-order valence-electron chi connectivity index (χ4n) is 4.88. The van der Waals surface area contributed by atoms with E-state index in [0.717, 1.165) is 71.1 Å². The number of piperazine rings is 1. The van der Waals surface area contributed by atoms with Crippen LogP contribution in [-0.2, 0) is 0 Å². The van der Waals surface area contributed by atoms with Gasteiger partial charge in [-0.3, -0.25) is 4.40 Å². The molecule has 11 heteroatoms. The van der Waals surface area contributed by atoms with Crippen molar-refractivity contribution in [2.45, 2.75) is 6.43 Å². The summed E-state index contributed by atoms with van der Waals surface area (Å²) >= 11 is 0. The van der Waals surface area contributed by atoms with E-state index in [1.807, 2.05) is 47.3 Å². The summed E-state index contributed by atoms with van der Waals surface area (Å²) in [6.07, 6.45) is 6.54. The van der Waals surface area contributed by atoms with Gasteiger partial charge in [0.05, 0.1) is 36.0 Å². The third-order valence-corrected chi connectivity index (χ3v) is 6.96. The number of imidazole rings is 1. The maximum absolute atomic E-state index is 12.7. The Morgan fingerprint density at radius 2 is 1.88 bits per heavy atom. The van der Waals surface area contributed by atoms with Gasteiger partial charge in [-0.2, -0.15) is 0 Å². The zero-order chi connectivity index (χ0) is 27.6. The number of aromatic nitrogens is 5. The van der Waals surface area contributed by atoms with Gasteiger partial charge in [0.2, 0.25) is 0 Å². The summed E-state index contributed by atoms with van der Waals surface area (Å²) in [5, 5.41) is 10.4. The summed E-state index contributed by atoms with van der Waals surface area (Å²) in [4.78, 5) is 19.0. The quantitative estimate of drug-likeness (QED) is 0.217. The van der Waals surface area contributed by atoms with Crippen LogP contribution < -0.4 is 20.9 Å². The van der Waals surface area contributed by atoms with Crippen LogP contribution in [0, 0.1) is 0 Å². The number of nitrogens with zero attached hydrogens (tertiary/aromatic N) is 5. The van der Waals surface area contributed by atoms with Crippen LogP contribution in [0.1, 0.15) is 11.3 Å². The highest BCUT2D eigenvalue weighted by Crippen LogP contribution is 2.31. The van der Waals surface area contributed by atoms with Crippen LogP contribution in [-0.4, -0.2) is 63.5 Å². The topological polar surface area (TPSA) is 98.2 Å². The van der Waals surface area contributed by atoms with Crippen LogP contribution >= 0.6 is 0 Å². The van der Waals surface area contributed by atoms with E-state index in [1.165, 1.54) is 0 Å². The monoisotopic (exact) mass is 541 g/mol. The highest BCUT2D eigenvalue weighted by Gasteiger charge is 2.15. The minimum atomic E-state index is -2.48. The van der Waals surface area contributed by atoms with Crippen LogP contribution in [0.4, 0.5) is 20.3 Å². The summed E-state index contributed by atoms with van der Waals surface area (Å²) in [7, 11) is 0. The van der Waals surface area contributed by atoms with E-state index in [-0.39, 0.29) is 0 Å². The molecule has 1 aliphatic heterocycles. The number of rotatable bonds is 9. The summed E-state index contributed by atoms with van der Waals surface area (Å²) in [6, 6.07) is 9.87. The molecule has 5 aromatic rings. The summed E-state index contributed by atoms with van der Waals surface area (Å²) in [5.41, 5.74) is 6.78. The summed E-state index contributed by atoms with van der Waals surface area (Å²) in [6.45, 7) is 11.4. The second-order valence-electron chi connectivity index (χ2n) is 9.61. The molecule has 1 fully saturated rings. The molecule has 0 spiro atoms. The van der Waals surface area contributed by atoms with Crippen molar-refractivity contribution in [2.75, 3.05) is 42.9 Å². The van der Waals surface area contributed by atoms with E-state index >= 15 is 0 Å². The number of pyridine rings is 3. The number of halogens is 2. The Labute approximate surface area is 229 Å². The number of nitrogens with one attached hydrogen (secondary N) is 4. The van der Waals surface area contributed by atoms with Crippen molar-refractivity contribution in [1.82, 2.24) is 35.0 Å². The SMILES string of the molecule is C=C(Nc1cnc2[nH]cc(-c3ccc4ncc(C(=C)NCC(F)F)n4c3)c2c1)c1ccnc(N2CCNCC2)c1. The normalized spacial score (nSPS) is 13.7. The first kappa shape index (κ1) is 25.5. The average Bonchev–Trinajstić information content (AvgIpc) is 3.60. The Morgan fingerprint density at radius 3 is 2.70 bits per heavy atom. The molecule has 204 valence electrons. The molecule has 1 saturated heterocycles. The molecule has 0 radical (unpaired) electrons. The summed E-state index contributed by atoms with van der Waals surface area (Å²) in [5.74, 6) is 0.935. The van der Waals surface area contributed by atoms with Crippen molar-refractivity contribution in [2.24, 2.45) is 0 Å². The van der Waals surface area contributed by atoms with E-state index < -0.39 is 13.0 Å². The number of fused-ring (bicyclic) bond motifs is 2. The van der Waals surface area contributed by atoms with E-state index in [2.05, 4.69) is 60.0 Å². The first-order chi connectivity index (χ1) is 19.5. The molecule has 0 bridgehead atoms. The molecule has 4 N–H and O–H groups in total. The van der Waals surface area contributed by atoms with Crippen molar-refractivity contribution in [3.05, 3.63) is 85.7 Å². The maximum Gasteiger partial charge on any atom is 0.255 e. The lowest BCUT2D eigenvalue weighted by molar-refractivity contribution is 0.151. The smallest absolute Gasteiger partial charge is 0.255 e. The van der Waals surface area contributed by atoms with Crippen molar-refractivity contribution in [3.63, 3.8) is 0 Å². The Kier molecular flexibility index (Phi) is 6.87. The van der Waals surface area contributed by atoms with Gasteiger partial charge in [0.1, 0.15) is 17.1 Å². The first-order valence-electron chi connectivity index (χ1n) is 13.0. The predicted octanol–water partition coefficient (Wildman–Crippen LogP) is 4.59. The minimum absolute atomic E-state index is 0.381. The second kappa shape index (κ2) is 10.8. The van der Waals surface area contributed by atoms with Crippen molar-refractivity contribution < 1.29 is 8.78 Å². The van der Waals surface area contributed by atoms with Crippen molar-refractivity contribution in [3.8, 4) is 11.1 Å². The number of hydrogen-bond donors (Lipinski definition) is 4. The molecule has 9 nitrogen and oxygen atoms in total. The first-order valence-corrected chi connectivity index (χ1v) is 13.0. The number of alkyl halides is 2. The molecule has 0 aliphatic carbocycles. The zero-order valence-electron chi connectivity index (χ0n) is 21.8. The van der Waals surface area contributed by atoms with E-state index in [0.29, 0.717) is 17.0 Å². The Hall–Kier alpha value is -4.77. The van der Waals surface area contributed by atoms with Crippen molar-refractivity contribution in [1.29, 1.82) is 0 Å². The second-order valence-corrected chi connectivity index (χ2v) is 9.61. The molecule has 0 amide bonds. The molecule has 0 unspecified atom stereocenters. The highest BCUT2D eigenvalue weighted by atomic mass is 19.3. The third-order valence-electron chi connectivity index (χ3n) is 6.96. The van der Waals surface area contributed by atoms with E-state index in [4.69, 9.17) is 0 Å². The van der Waals surface area contributed by atoms with Crippen LogP contribution in [0.3, 0.4) is 0 Å². The van der Waals surface area contributed by atoms with Crippen LogP contribution in [0.5, 0.6) is 0 Å². The number of H-pyrrole nitrogens is 1. The Bertz CT molecular complexity index is 1700. The van der Waals surface area contributed by atoms with E-state index in [9.17, 15) is 8.78 Å². The number of aromatic amines is 1. The molecular weight excluding hydrogens is 512 g/mol. The van der Waals surface area contributed by atoms with Crippen LogP contribution in [0.15, 0.2) is 74.5 Å². The largest absolute Gasteiger partial charge is 0.378 e. The molecule has 5 aromatic heterocycles. The van der Waals surface area contributed by atoms with Gasteiger partial charge in [-0.05, 0) is 30.3 Å². The highest BCUT2D eigenvalue weighted by molar-refractivity contribution is 5.96. The fraction of sp³-hybridized carbons (Fsp3) is 0.207. The van der Waals surface area contributed by atoms with Gasteiger partial charge in [-0.1, -0.05) is 13.2 Å². The molecule has 0 saturated carbocycles. The van der Waals surface area contributed by atoms with Gasteiger partial charge in [-0.25, -0.2) is 23.7 Å². The van der Waals surface area contributed by atoms with Crippen LogP contribution in [0.25, 0.3) is 39.2 Å². The van der Waals surface area contributed by atoms with Gasteiger partial charge in [0.15, 0.2) is 0 Å². The fourth-order valence-corrected chi connectivity index (χ4v) is 4.88. The maximum atomic E-state index is 12.7. The lowest BCUT2D eigenvalue weighted by atomic mass is 10.1. The number of hydrogen-bond acceptors (Lipinski definition) is 7. The number of anilines is 2. The molecule has 6 rings (SSSR count). The molecule has 1 aliphatic rings. The Balaban J connectivity index is 1.26. The van der Waals surface area contributed by atoms with Crippen molar-refractivity contribution >= 4 is 39.6 Å². The van der Waals surface area contributed by atoms with E-state index in [1.54, 1.807) is 12.4 Å². The molecule has 0 aromatic carbocycles. The van der Waals surface area contributed by atoms with Gasteiger partial charge >= 0.3 is 0 Å². The van der Waals surface area contributed by atoms with Crippen LogP contribution in [0.2, 0.25) is 0 Å². The van der Waals surface area contributed by atoms with Gasteiger partial charge < -0.3 is 25.8 Å². The standard InChI is InChI=1S/C29H29F2N9/c1-18(20-5-6-33-28(11-20)39-9-7-32-8-10-39)38-22-12-23-24(14-37-29(23)36-13-22)21-3-4-27-35-15-25(40(27)17-21)19(2)34-16-26(30)31/h3-6,11-15,17,26,32,34,38H,1-2,7-10,16H2,(H,36,37). The lowest BCUT2D eigenvalue weighted by Gasteiger charge is -2.28. The third kappa shape index (κ3) is 5.10. The Morgan fingerprint density at radius 1 is 1.02 bits per heavy atom. The van der Waals surface area contributed by atoms with Gasteiger partial charge in [0, 0.05) is 72.5 Å². The molecular formula is C29H29F2N9. The van der Waals surface area contributed by atoms with Gasteiger partial charge in [0.25, 0.3) is 6.43 Å². The minimum Gasteiger partial charge on any atom is -0.378 e. The lowest BCUT2D eigenvalue weighted by Crippen LogP contribution is -2.43. The molecule has 6 heterocycles. The summed E-state index contributed by atoms with van der Waals surface area (Å²) < 4.78 is 27.2. The molecule has 40 heavy (non-hydrogen) atoms. The zero-order valence-corrected chi connectivity index (χ0v) is 21.8.